The molecule has 1 heterocycles. The highest BCUT2D eigenvalue weighted by Crippen LogP contribution is 2.16. The Labute approximate surface area is 153 Å². The van der Waals surface area contributed by atoms with Crippen LogP contribution in [-0.2, 0) is 0 Å². The van der Waals surface area contributed by atoms with Gasteiger partial charge in [-0.05, 0) is 25.0 Å². The maximum Gasteiger partial charge on any atom is 0.335 e. The van der Waals surface area contributed by atoms with E-state index in [1.165, 1.54) is 6.21 Å². The molecule has 0 bridgehead atoms. The number of para-hydroxylation sites is 1. The molecule has 2 N–H and O–H groups in total. The Balaban J connectivity index is 2.39. The minimum Gasteiger partial charge on any atom is -0.493 e. The second kappa shape index (κ2) is 9.75. The number of unbranched alkanes of at least 4 members (excludes halogenated alkanes) is 2. The smallest absolute Gasteiger partial charge is 0.335 e. The number of hydrogen-bond donors (Lipinski definition) is 2. The average molecular weight is 357 g/mol. The van der Waals surface area contributed by atoms with Crippen molar-refractivity contribution in [3.8, 4) is 11.6 Å². The van der Waals surface area contributed by atoms with E-state index in [1.54, 1.807) is 24.3 Å². The fourth-order valence-corrected chi connectivity index (χ4v) is 2.82. The largest absolute Gasteiger partial charge is 0.493 e. The lowest BCUT2D eigenvalue weighted by atomic mass is 10.0. The van der Waals surface area contributed by atoms with Gasteiger partial charge in [0.25, 0.3) is 5.56 Å². The molecule has 0 unspecified atom stereocenters. The topological polar surface area (TPSA) is 87.4 Å². The van der Waals surface area contributed by atoms with Gasteiger partial charge in [-0.2, -0.15) is 0 Å². The molecule has 6 nitrogen and oxygen atoms in total. The summed E-state index contributed by atoms with van der Waals surface area (Å²) in [5.74, 6) is -0.390. The van der Waals surface area contributed by atoms with E-state index < -0.39 is 17.1 Å². The van der Waals surface area contributed by atoms with Crippen LogP contribution in [0, 0.1) is 0 Å². The van der Waals surface area contributed by atoms with Gasteiger partial charge < -0.3 is 5.11 Å². The first-order valence-corrected chi connectivity index (χ1v) is 9.25. The Morgan fingerprint density at radius 1 is 1.12 bits per heavy atom. The molecule has 0 atom stereocenters. The summed E-state index contributed by atoms with van der Waals surface area (Å²) in [5, 5.41) is 10.5. The van der Waals surface area contributed by atoms with E-state index in [1.807, 2.05) is 6.07 Å². The SMILES string of the molecule is CCCCC(CCCC)N=Cc1c(O)n(-c2ccccc2)c(=O)[nH]c1=O. The van der Waals surface area contributed by atoms with Gasteiger partial charge in [0.05, 0.1) is 5.69 Å². The van der Waals surface area contributed by atoms with Crippen molar-refractivity contribution in [2.45, 2.75) is 58.4 Å². The molecule has 0 saturated carbocycles. The summed E-state index contributed by atoms with van der Waals surface area (Å²) in [7, 11) is 0. The van der Waals surface area contributed by atoms with E-state index in [9.17, 15) is 14.7 Å². The molecule has 0 fully saturated rings. The van der Waals surface area contributed by atoms with Crippen LogP contribution in [0.1, 0.15) is 57.9 Å². The third kappa shape index (κ3) is 4.94. The van der Waals surface area contributed by atoms with Crippen LogP contribution in [0.25, 0.3) is 5.69 Å². The average Bonchev–Trinajstić information content (AvgIpc) is 2.63. The Bertz CT molecular complexity index is 830. The van der Waals surface area contributed by atoms with E-state index in [0.717, 1.165) is 43.1 Å². The molecule has 0 aliphatic rings. The number of aliphatic imine (C=N–C) groups is 1. The van der Waals surface area contributed by atoms with Crippen molar-refractivity contribution >= 4 is 6.21 Å². The van der Waals surface area contributed by atoms with Gasteiger partial charge in [-0.1, -0.05) is 57.7 Å². The second-order valence-corrected chi connectivity index (χ2v) is 6.38. The van der Waals surface area contributed by atoms with Crippen molar-refractivity contribution in [1.29, 1.82) is 0 Å². The monoisotopic (exact) mass is 357 g/mol. The summed E-state index contributed by atoms with van der Waals surface area (Å²) in [6, 6.07) is 8.81. The zero-order chi connectivity index (χ0) is 18.9. The first-order valence-electron chi connectivity index (χ1n) is 9.25. The van der Waals surface area contributed by atoms with Gasteiger partial charge in [0.1, 0.15) is 5.56 Å². The van der Waals surface area contributed by atoms with Crippen LogP contribution < -0.4 is 11.2 Å². The minimum absolute atomic E-state index is 0.00597. The number of benzene rings is 1. The molecule has 140 valence electrons. The van der Waals surface area contributed by atoms with Crippen LogP contribution in [0.3, 0.4) is 0 Å². The number of aromatic amines is 1. The minimum atomic E-state index is -0.677. The fourth-order valence-electron chi connectivity index (χ4n) is 2.82. The summed E-state index contributed by atoms with van der Waals surface area (Å²) in [6.45, 7) is 4.26. The van der Waals surface area contributed by atoms with Gasteiger partial charge >= 0.3 is 5.69 Å². The second-order valence-electron chi connectivity index (χ2n) is 6.38. The standard InChI is InChI=1S/C20H27N3O3/c1-3-5-10-15(11-6-4-2)21-14-17-18(24)22-20(26)23(19(17)25)16-12-8-7-9-13-16/h7-9,12-15,25H,3-6,10-11H2,1-2H3,(H,22,24,26). The lowest BCUT2D eigenvalue weighted by molar-refractivity contribution is 0.430. The maximum absolute atomic E-state index is 12.2. The van der Waals surface area contributed by atoms with E-state index in [-0.39, 0.29) is 11.6 Å². The van der Waals surface area contributed by atoms with Crippen LogP contribution in [0.5, 0.6) is 5.88 Å². The molecule has 26 heavy (non-hydrogen) atoms. The molecule has 2 rings (SSSR count). The van der Waals surface area contributed by atoms with E-state index in [2.05, 4.69) is 23.8 Å². The Kier molecular flexibility index (Phi) is 7.38. The summed E-state index contributed by atoms with van der Waals surface area (Å²) < 4.78 is 1.08. The number of aromatic hydroxyl groups is 1. The number of rotatable bonds is 9. The molecule has 0 aliphatic carbocycles. The van der Waals surface area contributed by atoms with Crippen LogP contribution in [0.2, 0.25) is 0 Å². The van der Waals surface area contributed by atoms with Crippen molar-refractivity contribution in [2.24, 2.45) is 4.99 Å². The van der Waals surface area contributed by atoms with Gasteiger partial charge in [-0.15, -0.1) is 0 Å². The van der Waals surface area contributed by atoms with Crippen molar-refractivity contribution in [1.82, 2.24) is 9.55 Å². The molecule has 1 aromatic carbocycles. The Morgan fingerprint density at radius 2 is 1.73 bits per heavy atom. The summed E-state index contributed by atoms with van der Waals surface area (Å²) in [5.41, 5.74) is -0.821. The molecular formula is C20H27N3O3. The number of aromatic nitrogens is 2. The highest BCUT2D eigenvalue weighted by Gasteiger charge is 2.14. The highest BCUT2D eigenvalue weighted by molar-refractivity contribution is 5.82. The third-order valence-corrected chi connectivity index (χ3v) is 4.33. The Morgan fingerprint density at radius 3 is 2.31 bits per heavy atom. The summed E-state index contributed by atoms with van der Waals surface area (Å²) in [6.07, 6.45) is 7.61. The summed E-state index contributed by atoms with van der Waals surface area (Å²) >= 11 is 0. The quantitative estimate of drug-likeness (QED) is 0.674. The van der Waals surface area contributed by atoms with Crippen molar-refractivity contribution in [3.05, 3.63) is 56.7 Å². The van der Waals surface area contributed by atoms with Gasteiger partial charge in [0.2, 0.25) is 5.88 Å². The van der Waals surface area contributed by atoms with Crippen molar-refractivity contribution in [2.75, 3.05) is 0 Å². The number of nitrogens with zero attached hydrogens (tertiary/aromatic N) is 2. The molecular weight excluding hydrogens is 330 g/mol. The molecule has 2 aromatic rings. The lowest BCUT2D eigenvalue weighted by Gasteiger charge is -2.12. The predicted octanol–water partition coefficient (Wildman–Crippen LogP) is 3.40. The normalized spacial score (nSPS) is 11.5. The Hall–Kier alpha value is -2.63. The molecule has 1 aromatic heterocycles. The molecule has 6 heteroatoms. The van der Waals surface area contributed by atoms with Gasteiger partial charge in [0, 0.05) is 12.3 Å². The predicted molar refractivity (Wildman–Crippen MR) is 105 cm³/mol. The highest BCUT2D eigenvalue weighted by atomic mass is 16.3. The fraction of sp³-hybridized carbons (Fsp3) is 0.450. The van der Waals surface area contributed by atoms with Crippen LogP contribution in [0.15, 0.2) is 44.9 Å². The molecule has 0 radical (unpaired) electrons. The van der Waals surface area contributed by atoms with Gasteiger partial charge in [-0.25, -0.2) is 9.36 Å². The van der Waals surface area contributed by atoms with E-state index in [0.29, 0.717) is 5.69 Å². The van der Waals surface area contributed by atoms with Gasteiger partial charge in [-0.3, -0.25) is 14.8 Å². The summed E-state index contributed by atoms with van der Waals surface area (Å²) in [4.78, 5) is 31.1. The molecule has 0 saturated heterocycles. The zero-order valence-corrected chi connectivity index (χ0v) is 15.4. The first-order chi connectivity index (χ1) is 12.6. The van der Waals surface area contributed by atoms with Crippen molar-refractivity contribution < 1.29 is 5.11 Å². The van der Waals surface area contributed by atoms with Crippen molar-refractivity contribution in [3.63, 3.8) is 0 Å². The van der Waals surface area contributed by atoms with Gasteiger partial charge in [0.15, 0.2) is 0 Å². The van der Waals surface area contributed by atoms with Crippen LogP contribution in [-0.4, -0.2) is 26.9 Å². The van der Waals surface area contributed by atoms with E-state index >= 15 is 0 Å². The lowest BCUT2D eigenvalue weighted by Crippen LogP contribution is -2.31. The number of H-pyrrole nitrogens is 1. The zero-order valence-electron chi connectivity index (χ0n) is 15.4. The third-order valence-electron chi connectivity index (χ3n) is 4.33. The number of hydrogen-bond acceptors (Lipinski definition) is 4. The van der Waals surface area contributed by atoms with Crippen LogP contribution >= 0.6 is 0 Å². The first kappa shape index (κ1) is 19.7. The number of nitrogens with one attached hydrogen (secondary N) is 1. The molecule has 0 spiro atoms. The molecule has 0 amide bonds. The van der Waals surface area contributed by atoms with E-state index in [4.69, 9.17) is 0 Å². The molecule has 0 aliphatic heterocycles. The van der Waals surface area contributed by atoms with Crippen LogP contribution in [0.4, 0.5) is 0 Å². The maximum atomic E-state index is 12.2.